The largest absolute Gasteiger partial charge is 0.469 e. The van der Waals surface area contributed by atoms with Gasteiger partial charge in [0.25, 0.3) is 16.7 Å². The molecule has 0 atom stereocenters. The fourth-order valence-electron chi connectivity index (χ4n) is 3.55. The first kappa shape index (κ1) is 38.7. The highest BCUT2D eigenvalue weighted by Crippen LogP contribution is 2.08. The highest BCUT2D eigenvalue weighted by atomic mass is 79.9. The Morgan fingerprint density at radius 1 is 0.587 bits per heavy atom. The number of aryl methyl sites for hydroxylation is 1. The van der Waals surface area contributed by atoms with Crippen molar-refractivity contribution < 1.29 is 19.1 Å². The highest BCUT2D eigenvalue weighted by Gasteiger charge is 1.97. The van der Waals surface area contributed by atoms with Crippen molar-refractivity contribution in [3.8, 4) is 0 Å². The summed E-state index contributed by atoms with van der Waals surface area (Å²) in [7, 11) is 4.46. The number of halogens is 1. The van der Waals surface area contributed by atoms with Gasteiger partial charge in [0.15, 0.2) is 0 Å². The molecule has 6 aromatic rings. The van der Waals surface area contributed by atoms with Crippen LogP contribution < -0.4 is 16.7 Å². The zero-order valence-electron chi connectivity index (χ0n) is 26.6. The van der Waals surface area contributed by atoms with Gasteiger partial charge in [-0.2, -0.15) is 0 Å². The van der Waals surface area contributed by atoms with Crippen molar-refractivity contribution in [2.75, 3.05) is 20.1 Å². The molecule has 0 aliphatic heterocycles. The number of ether oxygens (including phenoxy) is 2. The average molecular weight is 693 g/mol. The number of carbonyl (C=O) groups excluding carboxylic acids is 2. The van der Waals surface area contributed by atoms with E-state index in [9.17, 15) is 24.0 Å². The maximum atomic E-state index is 11.5. The Kier molecular flexibility index (Phi) is 18.0. The third-order valence-corrected chi connectivity index (χ3v) is 5.93. The fourth-order valence-corrected chi connectivity index (χ4v) is 3.55. The molecule has 2 N–H and O–H groups in total. The van der Waals surface area contributed by atoms with E-state index in [0.717, 1.165) is 32.3 Å². The van der Waals surface area contributed by atoms with Crippen LogP contribution in [0.2, 0.25) is 0 Å². The molecule has 0 aliphatic carbocycles. The van der Waals surface area contributed by atoms with Crippen LogP contribution in [0.15, 0.2) is 124 Å². The Hall–Kier alpha value is -5.29. The molecule has 0 saturated carbocycles. The first-order valence-electron chi connectivity index (χ1n) is 13.7. The average Bonchev–Trinajstić information content (AvgIpc) is 3.09. The van der Waals surface area contributed by atoms with Crippen molar-refractivity contribution in [3.05, 3.63) is 141 Å². The number of carbonyl (C=O) groups is 2. The minimum absolute atomic E-state index is 0.0249. The van der Waals surface area contributed by atoms with Crippen LogP contribution in [0.1, 0.15) is 13.8 Å². The monoisotopic (exact) mass is 691 g/mol. The molecule has 10 nitrogen and oxygen atoms in total. The molecule has 3 heterocycles. The zero-order chi connectivity index (χ0) is 34.5. The van der Waals surface area contributed by atoms with E-state index in [4.69, 9.17) is 0 Å². The van der Waals surface area contributed by atoms with Crippen molar-refractivity contribution in [3.63, 3.8) is 0 Å². The van der Waals surface area contributed by atoms with Gasteiger partial charge in [0.2, 0.25) is 0 Å². The van der Waals surface area contributed by atoms with E-state index < -0.39 is 0 Å². The van der Waals surface area contributed by atoms with E-state index in [2.05, 4.69) is 35.4 Å². The molecule has 242 valence electrons. The normalized spacial score (nSPS) is 9.20. The Morgan fingerprint density at radius 2 is 0.913 bits per heavy atom. The fraction of sp³-hybridized carbons (Fsp3) is 0.171. The van der Waals surface area contributed by atoms with E-state index in [1.54, 1.807) is 30.2 Å². The third kappa shape index (κ3) is 13.1. The molecule has 46 heavy (non-hydrogen) atoms. The maximum Gasteiger partial charge on any atom is 0.302 e. The molecule has 11 heteroatoms. The number of fused-ring (bicyclic) bond motifs is 3. The van der Waals surface area contributed by atoms with Gasteiger partial charge in [0, 0.05) is 55.6 Å². The topological polar surface area (TPSA) is 140 Å². The van der Waals surface area contributed by atoms with Gasteiger partial charge >= 0.3 is 11.9 Å². The van der Waals surface area contributed by atoms with Crippen LogP contribution in [0.25, 0.3) is 32.3 Å². The van der Waals surface area contributed by atoms with Gasteiger partial charge in [0.05, 0.1) is 14.2 Å². The van der Waals surface area contributed by atoms with Crippen LogP contribution in [0.4, 0.5) is 0 Å². The summed E-state index contributed by atoms with van der Waals surface area (Å²) in [5.41, 5.74) is 0.0132. The number of H-pyrrole nitrogens is 2. The predicted octanol–water partition coefficient (Wildman–Crippen LogP) is 5.96. The number of rotatable bonds is 0. The predicted molar refractivity (Wildman–Crippen MR) is 189 cm³/mol. The number of esters is 2. The van der Waals surface area contributed by atoms with Crippen LogP contribution in [0.3, 0.4) is 0 Å². The molecule has 0 bridgehead atoms. The summed E-state index contributed by atoms with van der Waals surface area (Å²) < 4.78 is 9.81. The number of nitrogens with one attached hydrogen (secondary N) is 2. The highest BCUT2D eigenvalue weighted by molar-refractivity contribution is 9.08. The molecule has 0 fully saturated rings. The van der Waals surface area contributed by atoms with Gasteiger partial charge in [-0.3, -0.25) is 24.0 Å². The van der Waals surface area contributed by atoms with Gasteiger partial charge in [-0.15, -0.1) is 0 Å². The number of hydrogen-bond acceptors (Lipinski definition) is 7. The standard InChI is InChI=1S/C10H9NO.2C9H7NO.2C3H6O2.CH3Br/c1-11-7-6-8-4-2-3-5-9(8)10(11)12;2*11-9-8-4-2-1-3-7(8)5-6-10-9;2*1-3(4)5-2;1-2/h2-7H,1H3;2*1-6H,(H,10,11);2*1-2H3;1H3. The molecule has 0 saturated heterocycles. The molecule has 3 aromatic carbocycles. The Labute approximate surface area is 274 Å². The van der Waals surface area contributed by atoms with Crippen molar-refractivity contribution >= 4 is 60.2 Å². The second-order valence-corrected chi connectivity index (χ2v) is 9.00. The Balaban J connectivity index is 0.000000296. The number of methoxy groups -OCH3 is 2. The minimum atomic E-state index is -0.245. The molecule has 0 radical (unpaired) electrons. The Morgan fingerprint density at radius 3 is 1.26 bits per heavy atom. The second-order valence-electron chi connectivity index (χ2n) is 9.00. The van der Waals surface area contributed by atoms with Crippen molar-refractivity contribution in [2.24, 2.45) is 7.05 Å². The van der Waals surface area contributed by atoms with E-state index in [-0.39, 0.29) is 28.6 Å². The van der Waals surface area contributed by atoms with Gasteiger partial charge in [0.1, 0.15) is 0 Å². The van der Waals surface area contributed by atoms with E-state index in [0.29, 0.717) is 0 Å². The smallest absolute Gasteiger partial charge is 0.302 e. The van der Waals surface area contributed by atoms with Crippen LogP contribution in [-0.4, -0.2) is 46.5 Å². The number of alkyl halides is 1. The maximum absolute atomic E-state index is 11.5. The number of hydrogen-bond donors (Lipinski definition) is 2. The van der Waals surface area contributed by atoms with Crippen LogP contribution in [-0.2, 0) is 26.1 Å². The number of pyridine rings is 3. The van der Waals surface area contributed by atoms with Gasteiger partial charge in [-0.05, 0) is 58.4 Å². The van der Waals surface area contributed by atoms with Gasteiger partial charge in [-0.1, -0.05) is 70.5 Å². The van der Waals surface area contributed by atoms with E-state index in [1.165, 1.54) is 28.1 Å². The summed E-state index contributed by atoms with van der Waals surface area (Å²) in [6.07, 6.45) is 5.10. The molecule has 6 rings (SSSR count). The van der Waals surface area contributed by atoms with E-state index in [1.807, 2.05) is 96.8 Å². The second kappa shape index (κ2) is 21.4. The molecule has 3 aromatic heterocycles. The summed E-state index contributed by atoms with van der Waals surface area (Å²) in [5, 5.41) is 5.24. The summed E-state index contributed by atoms with van der Waals surface area (Å²) >= 11 is 2.94. The first-order valence-corrected chi connectivity index (χ1v) is 15.3. The third-order valence-electron chi connectivity index (χ3n) is 5.93. The van der Waals surface area contributed by atoms with Gasteiger partial charge < -0.3 is 24.0 Å². The van der Waals surface area contributed by atoms with Crippen molar-refractivity contribution in [2.45, 2.75) is 13.8 Å². The van der Waals surface area contributed by atoms with Crippen LogP contribution in [0, 0.1) is 0 Å². The summed E-state index contributed by atoms with van der Waals surface area (Å²) in [6.45, 7) is 2.72. The van der Waals surface area contributed by atoms with Crippen molar-refractivity contribution in [1.29, 1.82) is 0 Å². The van der Waals surface area contributed by atoms with Crippen LogP contribution in [0.5, 0.6) is 0 Å². The lowest BCUT2D eigenvalue weighted by molar-refractivity contribution is -0.138. The van der Waals surface area contributed by atoms with Crippen LogP contribution >= 0.6 is 15.9 Å². The molecule has 0 spiro atoms. The minimum Gasteiger partial charge on any atom is -0.469 e. The SMILES string of the molecule is CBr.COC(C)=O.COC(C)=O.Cn1ccc2ccccc2c1=O.O=c1[nH]ccc2ccccc12.O=c1[nH]ccc2ccccc12. The molecule has 0 amide bonds. The summed E-state index contributed by atoms with van der Waals surface area (Å²) in [5.74, 6) is 1.32. The molecular formula is C35H38BrN3O7. The zero-order valence-corrected chi connectivity index (χ0v) is 28.2. The molecular weight excluding hydrogens is 654 g/mol. The lowest BCUT2D eigenvalue weighted by Crippen LogP contribution is -2.15. The number of nitrogens with zero attached hydrogens (tertiary/aromatic N) is 1. The number of aromatic nitrogens is 3. The lowest BCUT2D eigenvalue weighted by atomic mass is 10.2. The van der Waals surface area contributed by atoms with E-state index >= 15 is 0 Å². The quantitative estimate of drug-likeness (QED) is 0.148. The summed E-state index contributed by atoms with van der Waals surface area (Å²) in [6, 6.07) is 28.3. The molecule has 0 aliphatic rings. The number of benzene rings is 3. The number of aromatic amines is 2. The summed E-state index contributed by atoms with van der Waals surface area (Å²) in [4.78, 5) is 58.2. The van der Waals surface area contributed by atoms with Crippen molar-refractivity contribution in [1.82, 2.24) is 14.5 Å². The molecule has 0 unspecified atom stereocenters. The Bertz CT molecular complexity index is 1890. The first-order chi connectivity index (χ1) is 22.1. The lowest BCUT2D eigenvalue weighted by Gasteiger charge is -1.98. The van der Waals surface area contributed by atoms with Gasteiger partial charge in [-0.25, -0.2) is 0 Å².